The van der Waals surface area contributed by atoms with E-state index in [2.05, 4.69) is 4.84 Å². The fourth-order valence-electron chi connectivity index (χ4n) is 0.241. The van der Waals surface area contributed by atoms with E-state index in [1.165, 1.54) is 13.8 Å². The molecule has 1 atom stereocenters. The van der Waals surface area contributed by atoms with E-state index in [-0.39, 0.29) is 0 Å². The molecule has 0 radical (unpaired) electrons. The van der Waals surface area contributed by atoms with Crippen molar-refractivity contribution in [2.75, 3.05) is 0 Å². The maximum atomic E-state index is 9.80. The van der Waals surface area contributed by atoms with E-state index >= 15 is 0 Å². The lowest BCUT2D eigenvalue weighted by Crippen LogP contribution is -3.05. The van der Waals surface area contributed by atoms with E-state index in [1.807, 2.05) is 0 Å². The summed E-state index contributed by atoms with van der Waals surface area (Å²) in [5.74, 6) is 0. The molecule has 0 aliphatic carbocycles. The lowest BCUT2D eigenvalue weighted by atomic mass is 10.2. The maximum Gasteiger partial charge on any atom is 0.211 e. The summed E-state index contributed by atoms with van der Waals surface area (Å²) < 4.78 is 0. The summed E-state index contributed by atoms with van der Waals surface area (Å²) in [6.45, 7) is 2.75. The minimum absolute atomic E-state index is 1.23. The average Bonchev–Trinajstić information content (AvgIpc) is 1.63. The normalized spacial score (nSPS) is 14.6. The van der Waals surface area contributed by atoms with Gasteiger partial charge in [0.1, 0.15) is 6.07 Å². The van der Waals surface area contributed by atoms with Gasteiger partial charge in [-0.25, -0.2) is 0 Å². The highest BCUT2D eigenvalue weighted by atomic mass is 17.1. The third kappa shape index (κ3) is 3.88. The summed E-state index contributed by atoms with van der Waals surface area (Å²) in [6.07, 6.45) is 0. The van der Waals surface area contributed by atoms with Gasteiger partial charge < -0.3 is 5.21 Å². The van der Waals surface area contributed by atoms with E-state index in [4.69, 9.17) is 10.5 Å². The number of hydrogen-bond donors (Lipinski definition) is 2. The van der Waals surface area contributed by atoms with Gasteiger partial charge in [-0.2, -0.15) is 10.5 Å². The minimum atomic E-state index is -1.43. The second kappa shape index (κ2) is 2.75. The molecular formula is C4H8N2O3. The van der Waals surface area contributed by atoms with E-state index in [0.29, 0.717) is 0 Å². The highest BCUT2D eigenvalue weighted by Crippen LogP contribution is 2.00. The third-order valence-corrected chi connectivity index (χ3v) is 0.612. The molecule has 9 heavy (non-hydrogen) atoms. The van der Waals surface area contributed by atoms with Gasteiger partial charge in [-0.15, -0.1) is 4.84 Å². The van der Waals surface area contributed by atoms with E-state index in [0.717, 1.165) is 0 Å². The first-order chi connectivity index (χ1) is 3.98. The first-order valence-electron chi connectivity index (χ1n) is 2.31. The number of nitrogens with zero attached hydrogens (tertiary/aromatic N) is 1. The summed E-state index contributed by atoms with van der Waals surface area (Å²) in [5, 5.41) is 24.6. The fourth-order valence-corrected chi connectivity index (χ4v) is 0.241. The van der Waals surface area contributed by atoms with Crippen LogP contribution in [0.5, 0.6) is 0 Å². The van der Waals surface area contributed by atoms with Gasteiger partial charge in [0, 0.05) is 0 Å². The SMILES string of the molecule is CC(C)(C#N)O[NH+]([O-])O. The molecule has 0 aromatic rings. The molecule has 0 saturated carbocycles. The molecule has 0 amide bonds. The molecule has 0 aromatic heterocycles. The van der Waals surface area contributed by atoms with Crippen molar-refractivity contribution in [1.29, 1.82) is 5.26 Å². The molecule has 0 spiro atoms. The van der Waals surface area contributed by atoms with Crippen LogP contribution in [-0.2, 0) is 4.84 Å². The molecule has 0 saturated heterocycles. The van der Waals surface area contributed by atoms with Crippen LogP contribution in [-0.4, -0.2) is 10.8 Å². The minimum Gasteiger partial charge on any atom is -0.566 e. The molecule has 0 bridgehead atoms. The number of rotatable bonds is 2. The molecule has 5 heteroatoms. The van der Waals surface area contributed by atoms with E-state index in [1.54, 1.807) is 6.07 Å². The topological polar surface area (TPSA) is 80.8 Å². The van der Waals surface area contributed by atoms with Crippen LogP contribution in [0.4, 0.5) is 0 Å². The molecule has 0 rings (SSSR count). The van der Waals surface area contributed by atoms with Crippen molar-refractivity contribution < 1.29 is 15.4 Å². The summed E-state index contributed by atoms with van der Waals surface area (Å²) >= 11 is 0. The summed E-state index contributed by atoms with van der Waals surface area (Å²) in [5.41, 5.74) is -1.23. The number of quaternary nitrogens is 1. The second-order valence-corrected chi connectivity index (χ2v) is 1.99. The zero-order chi connectivity index (χ0) is 7.49. The molecular weight excluding hydrogens is 124 g/mol. The zero-order valence-corrected chi connectivity index (χ0v) is 5.21. The van der Waals surface area contributed by atoms with Gasteiger partial charge in [-0.05, 0) is 13.8 Å². The van der Waals surface area contributed by atoms with Gasteiger partial charge in [0.2, 0.25) is 5.60 Å². The van der Waals surface area contributed by atoms with Gasteiger partial charge in [0.05, 0.1) is 0 Å². The number of nitriles is 1. The fraction of sp³-hybridized carbons (Fsp3) is 0.750. The Kier molecular flexibility index (Phi) is 2.55. The maximum absolute atomic E-state index is 9.80. The Hall–Kier alpha value is -0.670. The number of nitrogens with one attached hydrogen (secondary N) is 1. The molecule has 52 valence electrons. The Labute approximate surface area is 52.6 Å². The second-order valence-electron chi connectivity index (χ2n) is 1.99. The average molecular weight is 132 g/mol. The van der Waals surface area contributed by atoms with Crippen molar-refractivity contribution in [1.82, 2.24) is 0 Å². The molecule has 0 fully saturated rings. The largest absolute Gasteiger partial charge is 0.566 e. The van der Waals surface area contributed by atoms with Crippen molar-refractivity contribution in [2.24, 2.45) is 0 Å². The third-order valence-electron chi connectivity index (χ3n) is 0.612. The molecule has 1 unspecified atom stereocenters. The quantitative estimate of drug-likeness (QED) is 0.472. The molecule has 0 aromatic carbocycles. The van der Waals surface area contributed by atoms with Gasteiger partial charge in [0.15, 0.2) is 0 Å². The van der Waals surface area contributed by atoms with Crippen molar-refractivity contribution in [3.63, 3.8) is 0 Å². The molecule has 0 aliphatic rings. The predicted molar refractivity (Wildman–Crippen MR) is 26.9 cm³/mol. The van der Waals surface area contributed by atoms with E-state index in [9.17, 15) is 5.21 Å². The Balaban J connectivity index is 3.76. The molecule has 0 aliphatic heterocycles. The smallest absolute Gasteiger partial charge is 0.211 e. The Morgan fingerprint density at radius 3 is 2.33 bits per heavy atom. The lowest BCUT2D eigenvalue weighted by Gasteiger charge is -2.18. The summed E-state index contributed by atoms with van der Waals surface area (Å²) in [7, 11) is 0. The Bertz CT molecular complexity index is 126. The first kappa shape index (κ1) is 8.33. The standard InChI is InChI=1S/C4H8N2O3/c1-4(2,3-5)9-6(7)8/h6-7H,1-2H3. The van der Waals surface area contributed by atoms with Crippen molar-refractivity contribution in [3.05, 3.63) is 5.21 Å². The van der Waals surface area contributed by atoms with Crippen LogP contribution < -0.4 is 5.39 Å². The van der Waals surface area contributed by atoms with Crippen molar-refractivity contribution >= 4 is 0 Å². The van der Waals surface area contributed by atoms with Crippen LogP contribution in [0.15, 0.2) is 0 Å². The summed E-state index contributed by atoms with van der Waals surface area (Å²) in [4.78, 5) is 4.14. The van der Waals surface area contributed by atoms with Gasteiger partial charge in [0.25, 0.3) is 0 Å². The van der Waals surface area contributed by atoms with Crippen molar-refractivity contribution in [3.8, 4) is 6.07 Å². The highest BCUT2D eigenvalue weighted by molar-refractivity contribution is 4.92. The molecule has 5 nitrogen and oxygen atoms in total. The van der Waals surface area contributed by atoms with Crippen LogP contribution in [0.3, 0.4) is 0 Å². The monoisotopic (exact) mass is 132 g/mol. The van der Waals surface area contributed by atoms with Crippen molar-refractivity contribution in [2.45, 2.75) is 19.4 Å². The Morgan fingerprint density at radius 1 is 1.78 bits per heavy atom. The van der Waals surface area contributed by atoms with Crippen LogP contribution in [0.2, 0.25) is 0 Å². The Morgan fingerprint density at radius 2 is 2.22 bits per heavy atom. The number of hydrogen-bond acceptors (Lipinski definition) is 4. The summed E-state index contributed by atoms with van der Waals surface area (Å²) in [6, 6.07) is 1.67. The van der Waals surface area contributed by atoms with Crippen LogP contribution in [0.25, 0.3) is 0 Å². The molecule has 2 N–H and O–H groups in total. The van der Waals surface area contributed by atoms with Crippen LogP contribution in [0.1, 0.15) is 13.8 Å². The van der Waals surface area contributed by atoms with Crippen LogP contribution >= 0.6 is 0 Å². The lowest BCUT2D eigenvalue weighted by molar-refractivity contribution is -1.21. The van der Waals surface area contributed by atoms with Gasteiger partial charge in [-0.3, -0.25) is 0 Å². The first-order valence-corrected chi connectivity index (χ1v) is 2.31. The van der Waals surface area contributed by atoms with Crippen LogP contribution in [0, 0.1) is 16.5 Å². The van der Waals surface area contributed by atoms with Gasteiger partial charge >= 0.3 is 0 Å². The van der Waals surface area contributed by atoms with E-state index < -0.39 is 11.0 Å². The highest BCUT2D eigenvalue weighted by Gasteiger charge is 2.21. The molecule has 0 heterocycles. The zero-order valence-electron chi connectivity index (χ0n) is 5.21. The predicted octanol–water partition coefficient (Wildman–Crippen LogP) is -1.01. The van der Waals surface area contributed by atoms with Gasteiger partial charge in [-0.1, -0.05) is 5.39 Å².